The molecule has 0 saturated carbocycles. The van der Waals surface area contributed by atoms with Crippen LogP contribution in [0, 0.1) is 0 Å². The summed E-state index contributed by atoms with van der Waals surface area (Å²) in [5.41, 5.74) is 13.1. The van der Waals surface area contributed by atoms with E-state index in [2.05, 4.69) is 206 Å². The maximum Gasteiger partial charge on any atom is 0.213 e. The third-order valence-electron chi connectivity index (χ3n) is 11.9. The van der Waals surface area contributed by atoms with Crippen molar-refractivity contribution in [2.45, 2.75) is 0 Å². The molecule has 0 aliphatic rings. The Morgan fingerprint density at radius 3 is 1.40 bits per heavy atom. The van der Waals surface area contributed by atoms with E-state index >= 15 is 0 Å². The van der Waals surface area contributed by atoms with E-state index in [0.29, 0.717) is 0 Å². The highest BCUT2D eigenvalue weighted by atomic mass is 16.3. The third kappa shape index (κ3) is 4.12. The van der Waals surface area contributed by atoms with Crippen LogP contribution >= 0.6 is 0 Å². The van der Waals surface area contributed by atoms with Gasteiger partial charge in [0.05, 0.1) is 33.0 Å². The summed E-state index contributed by atoms with van der Waals surface area (Å²) in [4.78, 5) is 0. The molecule has 0 fully saturated rings. The summed E-state index contributed by atoms with van der Waals surface area (Å²) in [6, 6.07) is 69.9. The number of rotatable bonds is 4. The van der Waals surface area contributed by atoms with Crippen LogP contribution in [0.25, 0.3) is 110 Å². The van der Waals surface area contributed by atoms with Crippen molar-refractivity contribution in [2.24, 2.45) is 0 Å². The van der Waals surface area contributed by atoms with Crippen LogP contribution in [-0.2, 0) is 0 Å². The van der Waals surface area contributed by atoms with E-state index in [4.69, 9.17) is 4.42 Å². The summed E-state index contributed by atoms with van der Waals surface area (Å²) in [5, 5.41) is 9.61. The van der Waals surface area contributed by atoms with Gasteiger partial charge in [0.15, 0.2) is 0 Å². The van der Waals surface area contributed by atoms with Crippen LogP contribution in [0.2, 0.25) is 0 Å². The molecule has 0 bridgehead atoms. The average molecular weight is 729 g/mol. The van der Waals surface area contributed by atoms with Crippen molar-refractivity contribution in [1.82, 2.24) is 18.3 Å². The summed E-state index contributed by atoms with van der Waals surface area (Å²) in [6.45, 7) is 0. The summed E-state index contributed by atoms with van der Waals surface area (Å²) in [5.74, 6) is 0. The van der Waals surface area contributed by atoms with Gasteiger partial charge in [-0.2, -0.15) is 0 Å². The van der Waals surface area contributed by atoms with Crippen molar-refractivity contribution in [1.29, 1.82) is 0 Å². The second-order valence-electron chi connectivity index (χ2n) is 14.9. The van der Waals surface area contributed by atoms with Crippen LogP contribution in [0.3, 0.4) is 0 Å². The second kappa shape index (κ2) is 11.4. The van der Waals surface area contributed by atoms with Crippen LogP contribution in [-0.4, -0.2) is 18.3 Å². The Balaban J connectivity index is 1.13. The van der Waals surface area contributed by atoms with Gasteiger partial charge < -0.3 is 8.98 Å². The zero-order valence-corrected chi connectivity index (χ0v) is 30.7. The number of para-hydroxylation sites is 6. The monoisotopic (exact) mass is 728 g/mol. The minimum absolute atomic E-state index is 0.855. The van der Waals surface area contributed by atoms with Gasteiger partial charge in [-0.05, 0) is 78.9 Å². The van der Waals surface area contributed by atoms with Gasteiger partial charge in [0.1, 0.15) is 11.2 Å². The van der Waals surface area contributed by atoms with E-state index in [1.807, 2.05) is 6.07 Å². The van der Waals surface area contributed by atoms with Gasteiger partial charge >= 0.3 is 0 Å². The topological polar surface area (TPSA) is 32.9 Å². The maximum absolute atomic E-state index is 6.66. The number of hydrogen-bond acceptors (Lipinski definition) is 1. The third-order valence-corrected chi connectivity index (χ3v) is 11.9. The first-order valence-corrected chi connectivity index (χ1v) is 19.4. The zero-order valence-electron chi connectivity index (χ0n) is 30.7. The molecule has 266 valence electrons. The molecule has 0 unspecified atom stereocenters. The summed E-state index contributed by atoms with van der Waals surface area (Å²) in [6.07, 6.45) is 0. The van der Waals surface area contributed by atoms with Gasteiger partial charge in [-0.15, -0.1) is 0 Å². The summed E-state index contributed by atoms with van der Waals surface area (Å²) >= 11 is 0. The fourth-order valence-electron chi connectivity index (χ4n) is 9.64. The number of benzene rings is 8. The SMILES string of the molecule is c1ccc(-n2c3cc(-n4c5ccccc5c5c6ccccc6n(-c6cccc(-n7c8ccccc8c8ccccc87)c6)c54)ccc3c3c4ccccc4oc32)cc1. The van der Waals surface area contributed by atoms with Crippen LogP contribution < -0.4 is 0 Å². The Morgan fingerprint density at radius 1 is 0.281 bits per heavy atom. The van der Waals surface area contributed by atoms with E-state index in [1.54, 1.807) is 0 Å². The summed E-state index contributed by atoms with van der Waals surface area (Å²) < 4.78 is 16.3. The standard InChI is InChI=1S/C52H32N4O/c1-2-15-33(16-3-1)56-47-32-36(29-30-41(47)50-42-23-8-13-28-48(42)57-52(50)56)55-46-27-12-7-22-40(46)49-39-21-6-11-26-45(39)54(51(49)55)35-18-14-17-34(31-35)53-43-24-9-4-19-37(43)38-20-5-10-25-44(38)53/h1-32H. The molecule has 8 aromatic carbocycles. The average Bonchev–Trinajstić information content (AvgIpc) is 4.06. The molecule has 0 aliphatic carbocycles. The molecule has 57 heavy (non-hydrogen) atoms. The largest absolute Gasteiger partial charge is 0.439 e. The van der Waals surface area contributed by atoms with Gasteiger partial charge in [-0.1, -0.05) is 115 Å². The van der Waals surface area contributed by atoms with Crippen LogP contribution in [0.4, 0.5) is 0 Å². The molecule has 5 heteroatoms. The summed E-state index contributed by atoms with van der Waals surface area (Å²) in [7, 11) is 0. The fourth-order valence-corrected chi connectivity index (χ4v) is 9.64. The van der Waals surface area contributed by atoms with E-state index in [-0.39, 0.29) is 0 Å². The van der Waals surface area contributed by atoms with E-state index in [1.165, 1.54) is 43.5 Å². The van der Waals surface area contributed by atoms with Gasteiger partial charge in [-0.3, -0.25) is 13.7 Å². The molecule has 5 aromatic heterocycles. The minimum atomic E-state index is 0.855. The highest BCUT2D eigenvalue weighted by molar-refractivity contribution is 6.23. The van der Waals surface area contributed by atoms with E-state index < -0.39 is 0 Å². The first kappa shape index (κ1) is 30.6. The molecule has 0 radical (unpaired) electrons. The van der Waals surface area contributed by atoms with Crippen molar-refractivity contribution in [3.63, 3.8) is 0 Å². The molecule has 0 spiro atoms. The molecule has 0 N–H and O–H groups in total. The Kier molecular flexibility index (Phi) is 6.10. The lowest BCUT2D eigenvalue weighted by atomic mass is 10.1. The molecule has 0 aliphatic heterocycles. The zero-order chi connectivity index (χ0) is 37.2. The van der Waals surface area contributed by atoms with E-state index in [0.717, 1.165) is 66.9 Å². The molecule has 0 atom stereocenters. The molecule has 13 rings (SSSR count). The van der Waals surface area contributed by atoms with Crippen LogP contribution in [0.15, 0.2) is 199 Å². The lowest BCUT2D eigenvalue weighted by Gasteiger charge is -2.15. The molecule has 13 aromatic rings. The van der Waals surface area contributed by atoms with Crippen molar-refractivity contribution >= 4 is 87.6 Å². The molecule has 0 amide bonds. The number of aromatic nitrogens is 4. The Labute approximate surface area is 326 Å². The van der Waals surface area contributed by atoms with Gasteiger partial charge in [0, 0.05) is 60.5 Å². The smallest absolute Gasteiger partial charge is 0.213 e. The van der Waals surface area contributed by atoms with Crippen molar-refractivity contribution in [3.8, 4) is 22.7 Å². The number of fused-ring (bicyclic) bond motifs is 13. The predicted octanol–water partition coefficient (Wildman–Crippen LogP) is 13.7. The van der Waals surface area contributed by atoms with Crippen molar-refractivity contribution in [2.75, 3.05) is 0 Å². The van der Waals surface area contributed by atoms with Crippen LogP contribution in [0.5, 0.6) is 0 Å². The predicted molar refractivity (Wildman–Crippen MR) is 236 cm³/mol. The Morgan fingerprint density at radius 2 is 0.754 bits per heavy atom. The molecule has 0 saturated heterocycles. The first-order chi connectivity index (χ1) is 28.3. The van der Waals surface area contributed by atoms with Gasteiger partial charge in [0.2, 0.25) is 5.71 Å². The fraction of sp³-hybridized carbons (Fsp3) is 0. The number of furan rings is 1. The highest BCUT2D eigenvalue weighted by Crippen LogP contribution is 2.44. The van der Waals surface area contributed by atoms with Crippen molar-refractivity contribution < 1.29 is 4.42 Å². The lowest BCUT2D eigenvalue weighted by molar-refractivity contribution is 0.645. The normalized spacial score (nSPS) is 12.2. The maximum atomic E-state index is 6.66. The first-order valence-electron chi connectivity index (χ1n) is 19.4. The number of hydrogen-bond donors (Lipinski definition) is 0. The second-order valence-corrected chi connectivity index (χ2v) is 14.9. The van der Waals surface area contributed by atoms with Crippen LogP contribution in [0.1, 0.15) is 0 Å². The van der Waals surface area contributed by atoms with Gasteiger partial charge in [-0.25, -0.2) is 0 Å². The molecule has 5 heterocycles. The Hall–Kier alpha value is -7.76. The molecular formula is C52H32N4O. The lowest BCUT2D eigenvalue weighted by Crippen LogP contribution is -2.03. The number of nitrogens with zero attached hydrogens (tertiary/aromatic N) is 4. The molecular weight excluding hydrogens is 697 g/mol. The Bertz CT molecular complexity index is 3700. The highest BCUT2D eigenvalue weighted by Gasteiger charge is 2.25. The quantitative estimate of drug-likeness (QED) is 0.178. The van der Waals surface area contributed by atoms with Crippen molar-refractivity contribution in [3.05, 3.63) is 194 Å². The van der Waals surface area contributed by atoms with E-state index in [9.17, 15) is 0 Å². The minimum Gasteiger partial charge on any atom is -0.439 e. The molecule has 5 nitrogen and oxygen atoms in total. The van der Waals surface area contributed by atoms with Gasteiger partial charge in [0.25, 0.3) is 0 Å².